The minimum atomic E-state index is -0.0212. The molecule has 0 saturated heterocycles. The predicted octanol–water partition coefficient (Wildman–Crippen LogP) is 3.16. The summed E-state index contributed by atoms with van der Waals surface area (Å²) < 4.78 is 1.99. The molecule has 0 unspecified atom stereocenters. The molecule has 20 heavy (non-hydrogen) atoms. The van der Waals surface area contributed by atoms with Gasteiger partial charge in [-0.15, -0.1) is 5.10 Å². The highest BCUT2D eigenvalue weighted by Crippen LogP contribution is 2.33. The van der Waals surface area contributed by atoms with Gasteiger partial charge in [-0.1, -0.05) is 20.8 Å². The Hall–Kier alpha value is -1.91. The van der Waals surface area contributed by atoms with E-state index < -0.39 is 0 Å². The summed E-state index contributed by atoms with van der Waals surface area (Å²) in [6.45, 7) is 8.60. The van der Waals surface area contributed by atoms with Gasteiger partial charge in [-0.25, -0.2) is 4.68 Å². The van der Waals surface area contributed by atoms with Gasteiger partial charge in [0.25, 0.3) is 0 Å². The van der Waals surface area contributed by atoms with Gasteiger partial charge in [0, 0.05) is 11.3 Å². The Morgan fingerprint density at radius 1 is 1.15 bits per heavy atom. The number of aryl methyl sites for hydroxylation is 1. The molecule has 1 heterocycles. The van der Waals surface area contributed by atoms with Crippen molar-refractivity contribution in [2.45, 2.75) is 52.5 Å². The van der Waals surface area contributed by atoms with Gasteiger partial charge in [0.05, 0.1) is 5.54 Å². The zero-order valence-corrected chi connectivity index (χ0v) is 12.7. The molecule has 0 atom stereocenters. The fourth-order valence-corrected chi connectivity index (χ4v) is 2.81. The van der Waals surface area contributed by atoms with Crippen LogP contribution in [0.4, 0.5) is 5.69 Å². The standard InChI is InChI=1S/C15H23N5/c1-5-15(6-2,7-3)20-14(17-18-19-20)13-9-8-12(16)10-11(13)4/h8-10H,5-7,16H2,1-4H3. The largest absolute Gasteiger partial charge is 0.399 e. The highest BCUT2D eigenvalue weighted by molar-refractivity contribution is 5.63. The minimum absolute atomic E-state index is 0.0212. The van der Waals surface area contributed by atoms with Crippen LogP contribution in [0.5, 0.6) is 0 Å². The van der Waals surface area contributed by atoms with Crippen LogP contribution in [-0.2, 0) is 5.54 Å². The van der Waals surface area contributed by atoms with Crippen molar-refractivity contribution in [3.63, 3.8) is 0 Å². The number of tetrazole rings is 1. The van der Waals surface area contributed by atoms with Crippen LogP contribution in [0.15, 0.2) is 18.2 Å². The number of hydrogen-bond donors (Lipinski definition) is 1. The first kappa shape index (κ1) is 14.5. The van der Waals surface area contributed by atoms with E-state index in [9.17, 15) is 0 Å². The molecular formula is C15H23N5. The minimum Gasteiger partial charge on any atom is -0.399 e. The summed E-state index contributed by atoms with van der Waals surface area (Å²) in [7, 11) is 0. The monoisotopic (exact) mass is 273 g/mol. The van der Waals surface area contributed by atoms with Crippen molar-refractivity contribution in [2.75, 3.05) is 5.73 Å². The van der Waals surface area contributed by atoms with Gasteiger partial charge in [-0.2, -0.15) is 0 Å². The van der Waals surface area contributed by atoms with E-state index in [4.69, 9.17) is 5.73 Å². The lowest BCUT2D eigenvalue weighted by Gasteiger charge is -2.31. The molecule has 0 aliphatic rings. The zero-order chi connectivity index (χ0) is 14.8. The first-order valence-electron chi connectivity index (χ1n) is 7.23. The Morgan fingerprint density at radius 3 is 2.35 bits per heavy atom. The highest BCUT2D eigenvalue weighted by atomic mass is 15.6. The number of hydrogen-bond acceptors (Lipinski definition) is 4. The number of anilines is 1. The Kier molecular flexibility index (Phi) is 4.06. The van der Waals surface area contributed by atoms with E-state index in [-0.39, 0.29) is 5.54 Å². The first-order chi connectivity index (χ1) is 9.57. The molecule has 0 saturated carbocycles. The Morgan fingerprint density at radius 2 is 1.80 bits per heavy atom. The number of rotatable bonds is 5. The lowest BCUT2D eigenvalue weighted by atomic mass is 9.89. The topological polar surface area (TPSA) is 69.6 Å². The van der Waals surface area contributed by atoms with Crippen LogP contribution in [-0.4, -0.2) is 20.2 Å². The molecule has 0 amide bonds. The summed E-state index contributed by atoms with van der Waals surface area (Å²) in [5, 5.41) is 12.4. The van der Waals surface area contributed by atoms with E-state index in [0.717, 1.165) is 41.9 Å². The normalized spacial score (nSPS) is 11.8. The van der Waals surface area contributed by atoms with Crippen molar-refractivity contribution < 1.29 is 0 Å². The first-order valence-corrected chi connectivity index (χ1v) is 7.23. The summed E-state index contributed by atoms with van der Waals surface area (Å²) >= 11 is 0. The quantitative estimate of drug-likeness (QED) is 0.849. The molecule has 2 aromatic rings. The van der Waals surface area contributed by atoms with Crippen molar-refractivity contribution in [3.8, 4) is 11.4 Å². The Balaban J connectivity index is 2.58. The molecule has 0 bridgehead atoms. The summed E-state index contributed by atoms with van der Waals surface area (Å²) in [5.41, 5.74) is 8.71. The van der Waals surface area contributed by atoms with Crippen LogP contribution in [0.1, 0.15) is 45.6 Å². The maximum atomic E-state index is 5.82. The number of nitrogen functional groups attached to an aromatic ring is 1. The average molecular weight is 273 g/mol. The SMILES string of the molecule is CCC(CC)(CC)n1nnnc1-c1ccc(N)cc1C. The van der Waals surface area contributed by atoms with Gasteiger partial charge in [0.15, 0.2) is 5.82 Å². The molecule has 0 aliphatic heterocycles. The molecule has 2 rings (SSSR count). The van der Waals surface area contributed by atoms with Gasteiger partial charge in [-0.05, 0) is 60.4 Å². The number of nitrogens with zero attached hydrogens (tertiary/aromatic N) is 4. The second kappa shape index (κ2) is 5.61. The summed E-state index contributed by atoms with van der Waals surface area (Å²) in [6, 6.07) is 5.85. The second-order valence-electron chi connectivity index (χ2n) is 5.27. The fourth-order valence-electron chi connectivity index (χ4n) is 2.81. The van der Waals surface area contributed by atoms with Crippen LogP contribution < -0.4 is 5.73 Å². The molecule has 2 N–H and O–H groups in total. The molecule has 1 aromatic carbocycles. The number of aromatic nitrogens is 4. The zero-order valence-electron chi connectivity index (χ0n) is 12.7. The second-order valence-corrected chi connectivity index (χ2v) is 5.27. The number of benzene rings is 1. The molecule has 0 radical (unpaired) electrons. The third-order valence-electron chi connectivity index (χ3n) is 4.38. The van der Waals surface area contributed by atoms with E-state index in [1.807, 2.05) is 29.8 Å². The van der Waals surface area contributed by atoms with Crippen LogP contribution in [0.2, 0.25) is 0 Å². The van der Waals surface area contributed by atoms with Crippen molar-refractivity contribution >= 4 is 5.69 Å². The van der Waals surface area contributed by atoms with E-state index in [1.54, 1.807) is 0 Å². The molecule has 5 heteroatoms. The van der Waals surface area contributed by atoms with Crippen LogP contribution in [0.3, 0.4) is 0 Å². The van der Waals surface area contributed by atoms with E-state index in [1.165, 1.54) is 0 Å². The lowest BCUT2D eigenvalue weighted by Crippen LogP contribution is -2.33. The van der Waals surface area contributed by atoms with Crippen LogP contribution >= 0.6 is 0 Å². The van der Waals surface area contributed by atoms with E-state index >= 15 is 0 Å². The van der Waals surface area contributed by atoms with Crippen LogP contribution in [0, 0.1) is 6.92 Å². The van der Waals surface area contributed by atoms with E-state index in [0.29, 0.717) is 0 Å². The molecule has 0 spiro atoms. The third-order valence-corrected chi connectivity index (χ3v) is 4.38. The van der Waals surface area contributed by atoms with Gasteiger partial charge in [-0.3, -0.25) is 0 Å². The molecular weight excluding hydrogens is 250 g/mol. The maximum Gasteiger partial charge on any atom is 0.182 e. The lowest BCUT2D eigenvalue weighted by molar-refractivity contribution is 0.223. The molecule has 1 aromatic heterocycles. The van der Waals surface area contributed by atoms with Gasteiger partial charge in [0.1, 0.15) is 0 Å². The average Bonchev–Trinajstić information content (AvgIpc) is 2.91. The molecule has 0 fully saturated rings. The van der Waals surface area contributed by atoms with E-state index in [2.05, 4.69) is 36.3 Å². The summed E-state index contributed by atoms with van der Waals surface area (Å²) in [6.07, 6.45) is 3.02. The van der Waals surface area contributed by atoms with Gasteiger partial charge in [0.2, 0.25) is 0 Å². The molecule has 5 nitrogen and oxygen atoms in total. The highest BCUT2D eigenvalue weighted by Gasteiger charge is 2.31. The summed E-state index contributed by atoms with van der Waals surface area (Å²) in [4.78, 5) is 0. The van der Waals surface area contributed by atoms with Crippen LogP contribution in [0.25, 0.3) is 11.4 Å². The fraction of sp³-hybridized carbons (Fsp3) is 0.533. The van der Waals surface area contributed by atoms with Crippen molar-refractivity contribution in [1.29, 1.82) is 0 Å². The van der Waals surface area contributed by atoms with Crippen molar-refractivity contribution in [3.05, 3.63) is 23.8 Å². The summed E-state index contributed by atoms with van der Waals surface area (Å²) in [5.74, 6) is 0.827. The molecule has 0 aliphatic carbocycles. The van der Waals surface area contributed by atoms with Crippen molar-refractivity contribution in [1.82, 2.24) is 20.2 Å². The molecule has 108 valence electrons. The predicted molar refractivity (Wildman–Crippen MR) is 81.2 cm³/mol. The Bertz CT molecular complexity index is 575. The van der Waals surface area contributed by atoms with Gasteiger partial charge >= 0.3 is 0 Å². The number of nitrogens with two attached hydrogens (primary N) is 1. The maximum absolute atomic E-state index is 5.82. The Labute approximate surface area is 120 Å². The third kappa shape index (κ3) is 2.28. The van der Waals surface area contributed by atoms with Gasteiger partial charge < -0.3 is 5.73 Å². The van der Waals surface area contributed by atoms with Crippen molar-refractivity contribution in [2.24, 2.45) is 0 Å². The smallest absolute Gasteiger partial charge is 0.182 e.